The molecule has 0 aliphatic carbocycles. The minimum Gasteiger partial charge on any atom is -0.497 e. The highest BCUT2D eigenvalue weighted by Gasteiger charge is 2.38. The largest absolute Gasteiger partial charge is 0.497 e. The molecule has 11 nitrogen and oxygen atoms in total. The zero-order valence-electron chi connectivity index (χ0n) is 25.0. The number of benzene rings is 3. The van der Waals surface area contributed by atoms with Crippen LogP contribution in [0.25, 0.3) is 11.2 Å². The highest BCUT2D eigenvalue weighted by atomic mass is 35.5. The van der Waals surface area contributed by atoms with Crippen molar-refractivity contribution >= 4 is 40.7 Å². The number of halogens is 1. The Morgan fingerprint density at radius 3 is 2.07 bits per heavy atom. The molecule has 2 aromatic heterocycles. The van der Waals surface area contributed by atoms with Crippen molar-refractivity contribution < 1.29 is 28.5 Å². The van der Waals surface area contributed by atoms with Crippen LogP contribution < -0.4 is 10.1 Å². The lowest BCUT2D eigenvalue weighted by Crippen LogP contribution is -2.38. The summed E-state index contributed by atoms with van der Waals surface area (Å²) in [5, 5.41) is 3.68. The van der Waals surface area contributed by atoms with Gasteiger partial charge in [0.05, 0.1) is 20.3 Å². The Morgan fingerprint density at radius 2 is 1.49 bits per heavy atom. The van der Waals surface area contributed by atoms with Crippen molar-refractivity contribution in [3.8, 4) is 5.75 Å². The number of anilines is 1. The van der Waals surface area contributed by atoms with Gasteiger partial charge in [-0.1, -0.05) is 84.4 Å². The van der Waals surface area contributed by atoms with Gasteiger partial charge in [-0.05, 0) is 28.8 Å². The molecule has 0 radical (unpaired) electrons. The fourth-order valence-corrected chi connectivity index (χ4v) is 5.18. The molecule has 0 amide bonds. The first-order valence-electron chi connectivity index (χ1n) is 14.2. The Hall–Kier alpha value is -5.00. The zero-order chi connectivity index (χ0) is 31.8. The van der Waals surface area contributed by atoms with Crippen LogP contribution in [0.15, 0.2) is 91.3 Å². The van der Waals surface area contributed by atoms with Gasteiger partial charge in [-0.2, -0.15) is 9.97 Å². The Balaban J connectivity index is 1.61. The number of rotatable bonds is 13. The molecule has 0 aliphatic heterocycles. The van der Waals surface area contributed by atoms with Crippen molar-refractivity contribution in [3.05, 3.63) is 113 Å². The summed E-state index contributed by atoms with van der Waals surface area (Å²) in [7, 11) is 1.62. The smallest absolute Gasteiger partial charge is 0.306 e. The van der Waals surface area contributed by atoms with E-state index < -0.39 is 23.9 Å². The van der Waals surface area contributed by atoms with Crippen LogP contribution in [-0.4, -0.2) is 51.8 Å². The number of fused-ring (bicyclic) bond motifs is 1. The second kappa shape index (κ2) is 14.2. The van der Waals surface area contributed by atoms with Gasteiger partial charge in [0.25, 0.3) is 6.41 Å². The second-order valence-electron chi connectivity index (χ2n) is 9.98. The number of carbonyl (C=O) groups is 2. The number of hydrogen-bond acceptors (Lipinski definition) is 10. The topological polar surface area (TPSA) is 127 Å². The maximum Gasteiger partial charge on any atom is 0.306 e. The van der Waals surface area contributed by atoms with Crippen molar-refractivity contribution in [2.75, 3.05) is 25.6 Å². The van der Waals surface area contributed by atoms with Crippen LogP contribution in [0.1, 0.15) is 43.4 Å². The minimum absolute atomic E-state index is 0.0856. The van der Waals surface area contributed by atoms with Gasteiger partial charge in [-0.25, -0.2) is 4.98 Å². The fraction of sp³-hybridized carbons (Fsp3) is 0.242. The predicted octanol–water partition coefficient (Wildman–Crippen LogP) is 5.88. The average Bonchev–Trinajstić information content (AvgIpc) is 3.48. The number of imidazole rings is 1. The third-order valence-corrected chi connectivity index (χ3v) is 7.23. The summed E-state index contributed by atoms with van der Waals surface area (Å²) in [5.41, 5.74) is 2.32. The van der Waals surface area contributed by atoms with Crippen LogP contribution >= 0.6 is 11.6 Å². The number of methoxy groups -OCH3 is 1. The molecule has 0 saturated heterocycles. The van der Waals surface area contributed by atoms with Gasteiger partial charge in [0.15, 0.2) is 10.8 Å². The molecule has 3 aromatic carbocycles. The van der Waals surface area contributed by atoms with Crippen molar-refractivity contribution in [1.29, 1.82) is 0 Å². The fourth-order valence-electron chi connectivity index (χ4n) is 4.97. The van der Waals surface area contributed by atoms with Gasteiger partial charge in [0.2, 0.25) is 5.95 Å². The van der Waals surface area contributed by atoms with Crippen molar-refractivity contribution in [1.82, 2.24) is 19.5 Å². The standard InChI is InChI=1S/C33H32ClN5O6/c1-22(40)43-19-10-20-44-32(45-23(2)41)39-21-35-28-29(34)36-31(37-30(28)39)38-33(24-11-6-4-7-12-24,25-13-8-5-9-14-25)26-15-17-27(42-3)18-16-26/h4-9,11-18,21,32H,10,19-20H2,1-3H3,(H,36,37,38). The first-order chi connectivity index (χ1) is 21.8. The summed E-state index contributed by atoms with van der Waals surface area (Å²) in [5.74, 6) is -0.0702. The molecule has 0 aliphatic rings. The summed E-state index contributed by atoms with van der Waals surface area (Å²) in [6, 6.07) is 27.6. The van der Waals surface area contributed by atoms with Crippen LogP contribution in [0, 0.1) is 0 Å². The molecular formula is C33H32ClN5O6. The Labute approximate surface area is 265 Å². The molecule has 0 fully saturated rings. The van der Waals surface area contributed by atoms with Gasteiger partial charge in [0.1, 0.15) is 23.1 Å². The summed E-state index contributed by atoms with van der Waals surface area (Å²) < 4.78 is 23.2. The number of carbonyl (C=O) groups excluding carboxylic acids is 2. The van der Waals surface area contributed by atoms with Crippen LogP contribution in [0.4, 0.5) is 5.95 Å². The minimum atomic E-state index is -1.21. The van der Waals surface area contributed by atoms with Crippen molar-refractivity contribution in [2.45, 2.75) is 32.2 Å². The highest BCUT2D eigenvalue weighted by Crippen LogP contribution is 2.40. The molecule has 5 aromatic rings. The second-order valence-corrected chi connectivity index (χ2v) is 10.3. The lowest BCUT2D eigenvalue weighted by atomic mass is 9.77. The molecule has 1 atom stereocenters. The molecular weight excluding hydrogens is 598 g/mol. The van der Waals surface area contributed by atoms with Crippen molar-refractivity contribution in [2.24, 2.45) is 0 Å². The van der Waals surface area contributed by atoms with Gasteiger partial charge >= 0.3 is 11.9 Å². The van der Waals surface area contributed by atoms with Crippen LogP contribution in [0.3, 0.4) is 0 Å². The first kappa shape index (κ1) is 31.4. The van der Waals surface area contributed by atoms with E-state index in [1.807, 2.05) is 84.9 Å². The van der Waals surface area contributed by atoms with E-state index in [2.05, 4.69) is 15.3 Å². The lowest BCUT2D eigenvalue weighted by molar-refractivity contribution is -0.199. The lowest BCUT2D eigenvalue weighted by Gasteiger charge is -2.37. The summed E-state index contributed by atoms with van der Waals surface area (Å²) >= 11 is 6.69. The number of nitrogens with zero attached hydrogens (tertiary/aromatic N) is 4. The average molecular weight is 630 g/mol. The molecule has 1 N–H and O–H groups in total. The maximum absolute atomic E-state index is 12.0. The number of nitrogens with one attached hydrogen (secondary N) is 1. The van der Waals surface area contributed by atoms with Gasteiger partial charge in [0, 0.05) is 20.3 Å². The van der Waals surface area contributed by atoms with E-state index in [9.17, 15) is 9.59 Å². The van der Waals surface area contributed by atoms with E-state index in [4.69, 9.17) is 35.5 Å². The van der Waals surface area contributed by atoms with Crippen LogP contribution in [-0.2, 0) is 29.3 Å². The molecule has 45 heavy (non-hydrogen) atoms. The van der Waals surface area contributed by atoms with Gasteiger partial charge < -0.3 is 24.3 Å². The summed E-state index contributed by atoms with van der Waals surface area (Å²) in [6.45, 7) is 2.87. The molecule has 1 unspecified atom stereocenters. The van der Waals surface area contributed by atoms with Crippen molar-refractivity contribution in [3.63, 3.8) is 0 Å². The Kier molecular flexibility index (Phi) is 9.91. The number of aromatic nitrogens is 4. The van der Waals surface area contributed by atoms with Crippen LogP contribution in [0.5, 0.6) is 5.75 Å². The van der Waals surface area contributed by atoms with E-state index in [0.29, 0.717) is 12.2 Å². The Morgan fingerprint density at radius 1 is 0.867 bits per heavy atom. The first-order valence-corrected chi connectivity index (χ1v) is 14.6. The summed E-state index contributed by atoms with van der Waals surface area (Å²) in [4.78, 5) is 36.9. The van der Waals surface area contributed by atoms with Gasteiger partial charge in [-0.15, -0.1) is 0 Å². The van der Waals surface area contributed by atoms with E-state index in [-0.39, 0.29) is 35.5 Å². The molecule has 0 saturated carbocycles. The van der Waals surface area contributed by atoms with E-state index in [1.165, 1.54) is 24.7 Å². The van der Waals surface area contributed by atoms with E-state index >= 15 is 0 Å². The monoisotopic (exact) mass is 629 g/mol. The maximum atomic E-state index is 12.0. The van der Waals surface area contributed by atoms with Gasteiger partial charge in [-0.3, -0.25) is 14.2 Å². The van der Waals surface area contributed by atoms with E-state index in [0.717, 1.165) is 16.7 Å². The quantitative estimate of drug-likeness (QED) is 0.0554. The Bertz CT molecular complexity index is 1710. The SMILES string of the molecule is COc1ccc(C(Nc2nc(Cl)c3ncn(C(OCCCOC(C)=O)OC(C)=O)c3n2)(c2ccccc2)c2ccccc2)cc1. The zero-order valence-corrected chi connectivity index (χ0v) is 25.7. The number of esters is 2. The van der Waals surface area contributed by atoms with Crippen LogP contribution in [0.2, 0.25) is 5.15 Å². The van der Waals surface area contributed by atoms with E-state index in [1.54, 1.807) is 7.11 Å². The normalized spacial score (nSPS) is 12.0. The number of ether oxygens (including phenoxy) is 4. The number of hydrogen-bond donors (Lipinski definition) is 1. The highest BCUT2D eigenvalue weighted by molar-refractivity contribution is 6.33. The third kappa shape index (κ3) is 7.05. The third-order valence-electron chi connectivity index (χ3n) is 6.96. The summed E-state index contributed by atoms with van der Waals surface area (Å²) in [6.07, 6.45) is 0.587. The molecule has 12 heteroatoms. The molecule has 5 rings (SSSR count). The molecule has 0 spiro atoms. The molecule has 232 valence electrons. The molecule has 2 heterocycles. The molecule has 0 bridgehead atoms. The predicted molar refractivity (Wildman–Crippen MR) is 168 cm³/mol.